The summed E-state index contributed by atoms with van der Waals surface area (Å²) in [7, 11) is 0. The molecule has 3 heterocycles. The third kappa shape index (κ3) is 2.94. The Morgan fingerprint density at radius 3 is 3.00 bits per heavy atom. The molecule has 0 spiro atoms. The van der Waals surface area contributed by atoms with Gasteiger partial charge in [0.2, 0.25) is 5.91 Å². The lowest BCUT2D eigenvalue weighted by molar-refractivity contribution is -0.124. The molecule has 0 bridgehead atoms. The number of carbonyl (C=O) groups is 1. The third-order valence-electron chi connectivity index (χ3n) is 3.99. The molecule has 1 aliphatic rings. The lowest BCUT2D eigenvalue weighted by Gasteiger charge is -2.08. The van der Waals surface area contributed by atoms with Crippen LogP contribution < -0.4 is 10.6 Å². The van der Waals surface area contributed by atoms with Crippen LogP contribution in [0.4, 0.5) is 0 Å². The van der Waals surface area contributed by atoms with E-state index in [-0.39, 0.29) is 11.8 Å². The van der Waals surface area contributed by atoms with Gasteiger partial charge in [0, 0.05) is 37.3 Å². The van der Waals surface area contributed by atoms with Crippen LogP contribution in [0.5, 0.6) is 0 Å². The van der Waals surface area contributed by atoms with Crippen LogP contribution in [0, 0.1) is 5.92 Å². The van der Waals surface area contributed by atoms with Gasteiger partial charge >= 0.3 is 0 Å². The monoisotopic (exact) mass is 302 g/mol. The molecule has 0 saturated carbocycles. The summed E-state index contributed by atoms with van der Waals surface area (Å²) in [4.78, 5) is 20.5. The molecule has 1 amide bonds. The van der Waals surface area contributed by atoms with Crippen molar-refractivity contribution in [3.63, 3.8) is 0 Å². The fraction of sp³-hybridized carbons (Fsp3) is 0.600. The second-order valence-electron chi connectivity index (χ2n) is 5.97. The van der Waals surface area contributed by atoms with E-state index in [4.69, 9.17) is 5.10 Å². The van der Waals surface area contributed by atoms with Gasteiger partial charge in [-0.3, -0.25) is 4.79 Å². The van der Waals surface area contributed by atoms with E-state index >= 15 is 0 Å². The molecule has 0 aromatic carbocycles. The molecule has 1 fully saturated rings. The van der Waals surface area contributed by atoms with E-state index in [0.29, 0.717) is 19.0 Å². The van der Waals surface area contributed by atoms with Crippen molar-refractivity contribution in [1.29, 1.82) is 0 Å². The second kappa shape index (κ2) is 6.39. The normalized spacial score (nSPS) is 18.2. The van der Waals surface area contributed by atoms with Gasteiger partial charge < -0.3 is 10.6 Å². The van der Waals surface area contributed by atoms with E-state index in [9.17, 15) is 4.79 Å². The first-order valence-corrected chi connectivity index (χ1v) is 7.82. The highest BCUT2D eigenvalue weighted by molar-refractivity contribution is 5.77. The van der Waals surface area contributed by atoms with Crippen molar-refractivity contribution in [1.82, 2.24) is 30.4 Å². The van der Waals surface area contributed by atoms with Gasteiger partial charge in [-0.25, -0.2) is 14.6 Å². The van der Waals surface area contributed by atoms with Crippen molar-refractivity contribution in [3.05, 3.63) is 18.1 Å². The highest BCUT2D eigenvalue weighted by Gasteiger charge is 2.24. The Bertz CT molecular complexity index is 659. The predicted octanol–water partition coefficient (Wildman–Crippen LogP) is 0.675. The Balaban J connectivity index is 1.79. The van der Waals surface area contributed by atoms with E-state index in [2.05, 4.69) is 20.6 Å². The molecule has 1 atom stereocenters. The van der Waals surface area contributed by atoms with Crippen molar-refractivity contribution >= 4 is 17.1 Å². The molecule has 0 aliphatic carbocycles. The van der Waals surface area contributed by atoms with Crippen molar-refractivity contribution in [2.24, 2.45) is 5.92 Å². The Hall–Kier alpha value is -2.02. The van der Waals surface area contributed by atoms with Gasteiger partial charge in [0.05, 0.1) is 12.2 Å². The number of nitrogens with zero attached hydrogens (tertiary/aromatic N) is 4. The second-order valence-corrected chi connectivity index (χ2v) is 5.97. The molecule has 7 heteroatoms. The third-order valence-corrected chi connectivity index (χ3v) is 3.99. The van der Waals surface area contributed by atoms with E-state index in [0.717, 1.165) is 36.4 Å². The average Bonchev–Trinajstić information content (AvgIpc) is 3.15. The summed E-state index contributed by atoms with van der Waals surface area (Å²) in [6.45, 7) is 6.88. The van der Waals surface area contributed by atoms with Crippen LogP contribution in [0.25, 0.3) is 11.2 Å². The highest BCUT2D eigenvalue weighted by atomic mass is 16.1. The average molecular weight is 302 g/mol. The first kappa shape index (κ1) is 14.9. The summed E-state index contributed by atoms with van der Waals surface area (Å²) in [5.41, 5.74) is 2.69. The van der Waals surface area contributed by atoms with Crippen LogP contribution >= 0.6 is 0 Å². The number of nitrogens with one attached hydrogen (secondary N) is 2. The molecular weight excluding hydrogens is 280 g/mol. The Morgan fingerprint density at radius 1 is 1.45 bits per heavy atom. The Morgan fingerprint density at radius 2 is 2.27 bits per heavy atom. The summed E-state index contributed by atoms with van der Waals surface area (Å²) in [6, 6.07) is 0. The molecule has 0 radical (unpaired) electrons. The molecular formula is C15H22N6O. The van der Waals surface area contributed by atoms with Crippen molar-refractivity contribution in [2.45, 2.75) is 32.7 Å². The summed E-state index contributed by atoms with van der Waals surface area (Å²) >= 11 is 0. The summed E-state index contributed by atoms with van der Waals surface area (Å²) in [6.07, 6.45) is 4.47. The first-order valence-electron chi connectivity index (χ1n) is 7.82. The van der Waals surface area contributed by atoms with Crippen molar-refractivity contribution in [2.75, 3.05) is 19.6 Å². The quantitative estimate of drug-likeness (QED) is 0.848. The lowest BCUT2D eigenvalue weighted by atomic mass is 10.0. The predicted molar refractivity (Wildman–Crippen MR) is 83.4 cm³/mol. The summed E-state index contributed by atoms with van der Waals surface area (Å²) in [5.74, 6) is 0.447. The summed E-state index contributed by atoms with van der Waals surface area (Å²) in [5, 5.41) is 11.0. The van der Waals surface area contributed by atoms with Crippen LogP contribution in [0.2, 0.25) is 0 Å². The van der Waals surface area contributed by atoms with Crippen LogP contribution in [-0.2, 0) is 11.3 Å². The number of aromatic nitrogens is 4. The van der Waals surface area contributed by atoms with Gasteiger partial charge in [0.1, 0.15) is 5.52 Å². The maximum Gasteiger partial charge on any atom is 0.222 e. The number of fused-ring (bicyclic) bond motifs is 1. The maximum atomic E-state index is 11.6. The van der Waals surface area contributed by atoms with Crippen LogP contribution in [0.3, 0.4) is 0 Å². The minimum absolute atomic E-state index is 0.00529. The SMILES string of the molecule is CC(C)C(=O)NCCn1nc([C@H]2CCNC2)c2nccnc21. The molecule has 2 aromatic rings. The number of hydrogen-bond donors (Lipinski definition) is 2. The van der Waals surface area contributed by atoms with Gasteiger partial charge in [0.25, 0.3) is 0 Å². The van der Waals surface area contributed by atoms with Crippen LogP contribution in [0.15, 0.2) is 12.4 Å². The topological polar surface area (TPSA) is 84.7 Å². The molecule has 118 valence electrons. The van der Waals surface area contributed by atoms with E-state index in [1.54, 1.807) is 12.4 Å². The zero-order chi connectivity index (χ0) is 15.5. The minimum atomic E-state index is -0.00529. The van der Waals surface area contributed by atoms with E-state index < -0.39 is 0 Å². The Labute approximate surface area is 129 Å². The van der Waals surface area contributed by atoms with Crippen molar-refractivity contribution < 1.29 is 4.79 Å². The van der Waals surface area contributed by atoms with Gasteiger partial charge in [-0.2, -0.15) is 5.10 Å². The first-order chi connectivity index (χ1) is 10.7. The lowest BCUT2D eigenvalue weighted by Crippen LogP contribution is -2.30. The van der Waals surface area contributed by atoms with Crippen LogP contribution in [-0.4, -0.2) is 45.3 Å². The zero-order valence-corrected chi connectivity index (χ0v) is 13.0. The number of rotatable bonds is 5. The Kier molecular flexibility index (Phi) is 4.33. The molecule has 2 N–H and O–H groups in total. The largest absolute Gasteiger partial charge is 0.354 e. The molecule has 3 rings (SSSR count). The molecule has 22 heavy (non-hydrogen) atoms. The standard InChI is InChI=1S/C15H22N6O/c1-10(2)15(22)19-7-8-21-14-13(17-5-6-18-14)12(20-21)11-3-4-16-9-11/h5-6,10-11,16H,3-4,7-9H2,1-2H3,(H,19,22)/t11-/m0/s1. The molecule has 7 nitrogen and oxygen atoms in total. The number of amides is 1. The maximum absolute atomic E-state index is 11.6. The smallest absolute Gasteiger partial charge is 0.222 e. The highest BCUT2D eigenvalue weighted by Crippen LogP contribution is 2.26. The fourth-order valence-corrected chi connectivity index (χ4v) is 2.73. The molecule has 0 unspecified atom stereocenters. The van der Waals surface area contributed by atoms with Gasteiger partial charge in [0.15, 0.2) is 5.65 Å². The number of hydrogen-bond acceptors (Lipinski definition) is 5. The zero-order valence-electron chi connectivity index (χ0n) is 13.0. The summed E-state index contributed by atoms with van der Waals surface area (Å²) < 4.78 is 1.86. The van der Waals surface area contributed by atoms with Gasteiger partial charge in [-0.1, -0.05) is 13.8 Å². The fourth-order valence-electron chi connectivity index (χ4n) is 2.73. The van der Waals surface area contributed by atoms with Crippen molar-refractivity contribution in [3.8, 4) is 0 Å². The van der Waals surface area contributed by atoms with Crippen LogP contribution in [0.1, 0.15) is 31.9 Å². The molecule has 1 saturated heterocycles. The minimum Gasteiger partial charge on any atom is -0.354 e. The number of carbonyl (C=O) groups excluding carboxylic acids is 1. The molecule has 1 aliphatic heterocycles. The molecule has 2 aromatic heterocycles. The van der Waals surface area contributed by atoms with Gasteiger partial charge in [-0.05, 0) is 13.0 Å². The van der Waals surface area contributed by atoms with E-state index in [1.165, 1.54) is 0 Å². The van der Waals surface area contributed by atoms with Gasteiger partial charge in [-0.15, -0.1) is 0 Å². The van der Waals surface area contributed by atoms with E-state index in [1.807, 2.05) is 18.5 Å².